The van der Waals surface area contributed by atoms with Crippen molar-refractivity contribution in [3.8, 4) is 0 Å². The first-order valence-corrected chi connectivity index (χ1v) is 11.6. The third-order valence-electron chi connectivity index (χ3n) is 4.50. The van der Waals surface area contributed by atoms with Gasteiger partial charge < -0.3 is 15.5 Å². The number of sulfonamides is 1. The van der Waals surface area contributed by atoms with Crippen LogP contribution in [0, 0.1) is 0 Å². The highest BCUT2D eigenvalue weighted by atomic mass is 127. The van der Waals surface area contributed by atoms with Gasteiger partial charge in [-0.25, -0.2) is 18.1 Å². The van der Waals surface area contributed by atoms with Crippen molar-refractivity contribution >= 4 is 57.1 Å². The van der Waals surface area contributed by atoms with E-state index in [9.17, 15) is 8.42 Å². The summed E-state index contributed by atoms with van der Waals surface area (Å²) in [6.07, 6.45) is 3.79. The molecule has 160 valence electrons. The van der Waals surface area contributed by atoms with E-state index >= 15 is 0 Å². The van der Waals surface area contributed by atoms with E-state index in [2.05, 4.69) is 30.2 Å². The molecule has 3 heterocycles. The van der Waals surface area contributed by atoms with Crippen LogP contribution in [0.1, 0.15) is 12.8 Å². The van der Waals surface area contributed by atoms with Crippen LogP contribution in [0.25, 0.3) is 0 Å². The van der Waals surface area contributed by atoms with E-state index < -0.39 is 10.0 Å². The summed E-state index contributed by atoms with van der Waals surface area (Å²) < 4.78 is 27.1. The van der Waals surface area contributed by atoms with Crippen LogP contribution in [-0.4, -0.2) is 58.6 Å². The van der Waals surface area contributed by atoms with Gasteiger partial charge in [0.05, 0.1) is 0 Å². The lowest BCUT2D eigenvalue weighted by molar-refractivity contribution is 0.459. The molecule has 0 aliphatic carbocycles. The van der Waals surface area contributed by atoms with E-state index in [1.165, 1.54) is 11.3 Å². The molecule has 0 atom stereocenters. The molecular formula is C18H27IN6O2S2. The Kier molecular flexibility index (Phi) is 9.59. The molecule has 1 aliphatic heterocycles. The van der Waals surface area contributed by atoms with E-state index in [4.69, 9.17) is 0 Å². The van der Waals surface area contributed by atoms with E-state index in [1.807, 2.05) is 24.4 Å². The Hall–Kier alpha value is -1.44. The molecular weight excluding hydrogens is 523 g/mol. The maximum atomic E-state index is 12.1. The van der Waals surface area contributed by atoms with Gasteiger partial charge in [0.2, 0.25) is 10.0 Å². The largest absolute Gasteiger partial charge is 0.356 e. The highest BCUT2D eigenvalue weighted by molar-refractivity contribution is 14.0. The molecule has 11 heteroatoms. The molecule has 2 aromatic heterocycles. The Bertz CT molecular complexity index is 854. The van der Waals surface area contributed by atoms with Crippen LogP contribution in [0.4, 0.5) is 5.82 Å². The average molecular weight is 550 g/mol. The lowest BCUT2D eigenvalue weighted by Crippen LogP contribution is -2.49. The first kappa shape index (κ1) is 23.8. The van der Waals surface area contributed by atoms with Gasteiger partial charge in [-0.2, -0.15) is 0 Å². The van der Waals surface area contributed by atoms with Gasteiger partial charge in [-0.15, -0.1) is 35.3 Å². The summed E-state index contributed by atoms with van der Waals surface area (Å²) in [5.74, 6) is 1.70. The van der Waals surface area contributed by atoms with E-state index in [1.54, 1.807) is 24.6 Å². The molecule has 2 aromatic rings. The summed E-state index contributed by atoms with van der Waals surface area (Å²) in [4.78, 5) is 10.9. The maximum absolute atomic E-state index is 12.1. The third-order valence-corrected chi connectivity index (χ3v) is 7.36. The number of aliphatic imine (C=N–C) groups is 1. The van der Waals surface area contributed by atoms with Crippen LogP contribution in [0.5, 0.6) is 0 Å². The van der Waals surface area contributed by atoms with Crippen molar-refractivity contribution < 1.29 is 8.42 Å². The SMILES string of the molecule is CN=C(NCCNS(=O)(=O)c1cccs1)NC1CCN(c2ccccn2)CC1.I. The highest BCUT2D eigenvalue weighted by Gasteiger charge is 2.20. The molecule has 0 saturated carbocycles. The molecule has 0 spiro atoms. The molecule has 1 fully saturated rings. The number of nitrogens with zero attached hydrogens (tertiary/aromatic N) is 3. The number of hydrogen-bond donors (Lipinski definition) is 3. The minimum atomic E-state index is -3.42. The number of hydrogen-bond acceptors (Lipinski definition) is 6. The summed E-state index contributed by atoms with van der Waals surface area (Å²) >= 11 is 1.21. The molecule has 0 bridgehead atoms. The number of piperidine rings is 1. The molecule has 8 nitrogen and oxygen atoms in total. The molecule has 3 N–H and O–H groups in total. The topological polar surface area (TPSA) is 98.7 Å². The number of thiophene rings is 1. The number of aromatic nitrogens is 1. The summed E-state index contributed by atoms with van der Waals surface area (Å²) in [6.45, 7) is 2.62. The minimum Gasteiger partial charge on any atom is -0.356 e. The second kappa shape index (κ2) is 11.7. The number of nitrogens with one attached hydrogen (secondary N) is 3. The van der Waals surface area contributed by atoms with Crippen LogP contribution >= 0.6 is 35.3 Å². The van der Waals surface area contributed by atoms with E-state index in [0.29, 0.717) is 29.3 Å². The van der Waals surface area contributed by atoms with Crippen molar-refractivity contribution in [1.29, 1.82) is 0 Å². The van der Waals surface area contributed by atoms with Crippen molar-refractivity contribution in [2.24, 2.45) is 4.99 Å². The number of anilines is 1. The Morgan fingerprint density at radius 3 is 2.66 bits per heavy atom. The third kappa shape index (κ3) is 7.08. The Balaban J connectivity index is 0.00000300. The number of pyridine rings is 1. The maximum Gasteiger partial charge on any atom is 0.250 e. The number of rotatable bonds is 7. The predicted molar refractivity (Wildman–Crippen MR) is 129 cm³/mol. The fourth-order valence-electron chi connectivity index (χ4n) is 3.04. The molecule has 0 radical (unpaired) electrons. The molecule has 29 heavy (non-hydrogen) atoms. The van der Waals surface area contributed by atoms with Crippen LogP contribution in [0.3, 0.4) is 0 Å². The first-order valence-electron chi connectivity index (χ1n) is 9.25. The Morgan fingerprint density at radius 1 is 1.24 bits per heavy atom. The van der Waals surface area contributed by atoms with Crippen molar-refractivity contribution in [2.75, 3.05) is 38.1 Å². The monoisotopic (exact) mass is 550 g/mol. The van der Waals surface area contributed by atoms with Crippen molar-refractivity contribution in [3.05, 3.63) is 41.9 Å². The standard InChI is InChI=1S/C18H26N6O2S2.HI/c1-19-18(21-10-11-22-28(25,26)17-6-4-14-27-17)23-15-7-12-24(13-8-15)16-5-2-3-9-20-16;/h2-6,9,14-15,22H,7-8,10-13H2,1H3,(H2,19,21,23);1H. The summed E-state index contributed by atoms with van der Waals surface area (Å²) in [7, 11) is -1.71. The molecule has 0 amide bonds. The first-order chi connectivity index (χ1) is 13.6. The van der Waals surface area contributed by atoms with Crippen LogP contribution in [0.2, 0.25) is 0 Å². The Morgan fingerprint density at radius 2 is 2.03 bits per heavy atom. The van der Waals surface area contributed by atoms with Gasteiger partial charge in [0.15, 0.2) is 5.96 Å². The number of halogens is 1. The molecule has 0 unspecified atom stereocenters. The molecule has 1 aliphatic rings. The fourth-order valence-corrected chi connectivity index (χ4v) is 5.10. The van der Waals surface area contributed by atoms with Crippen LogP contribution in [-0.2, 0) is 10.0 Å². The Labute approximate surface area is 193 Å². The number of guanidine groups is 1. The van der Waals surface area contributed by atoms with Crippen LogP contribution in [0.15, 0.2) is 51.1 Å². The van der Waals surface area contributed by atoms with Crippen molar-refractivity contribution in [1.82, 2.24) is 20.3 Å². The smallest absolute Gasteiger partial charge is 0.250 e. The second-order valence-corrected chi connectivity index (χ2v) is 9.36. The predicted octanol–water partition coefficient (Wildman–Crippen LogP) is 1.87. The second-order valence-electron chi connectivity index (χ2n) is 6.42. The quantitative estimate of drug-likeness (QED) is 0.211. The lowest BCUT2D eigenvalue weighted by atomic mass is 10.1. The highest BCUT2D eigenvalue weighted by Crippen LogP contribution is 2.17. The van der Waals surface area contributed by atoms with Gasteiger partial charge in [-0.05, 0) is 36.4 Å². The molecule has 0 aromatic carbocycles. The zero-order chi connectivity index (χ0) is 19.8. The summed E-state index contributed by atoms with van der Waals surface area (Å²) in [5.41, 5.74) is 0. The zero-order valence-corrected chi connectivity index (χ0v) is 20.2. The summed E-state index contributed by atoms with van der Waals surface area (Å²) in [5, 5.41) is 8.33. The molecule has 1 saturated heterocycles. The van der Waals surface area contributed by atoms with Gasteiger partial charge in [0.25, 0.3) is 0 Å². The van der Waals surface area contributed by atoms with Gasteiger partial charge in [0.1, 0.15) is 10.0 Å². The average Bonchev–Trinajstić information content (AvgIpc) is 3.27. The molecule has 3 rings (SSSR count). The zero-order valence-electron chi connectivity index (χ0n) is 16.2. The lowest BCUT2D eigenvalue weighted by Gasteiger charge is -2.33. The normalized spacial score (nSPS) is 15.6. The van der Waals surface area contributed by atoms with E-state index in [-0.39, 0.29) is 24.0 Å². The van der Waals surface area contributed by atoms with Crippen LogP contribution < -0.4 is 20.3 Å². The van der Waals surface area contributed by atoms with Crippen molar-refractivity contribution in [2.45, 2.75) is 23.1 Å². The van der Waals surface area contributed by atoms with Gasteiger partial charge >= 0.3 is 0 Å². The van der Waals surface area contributed by atoms with Crippen molar-refractivity contribution in [3.63, 3.8) is 0 Å². The van der Waals surface area contributed by atoms with Gasteiger partial charge in [0, 0.05) is 45.5 Å². The fraction of sp³-hybridized carbons (Fsp3) is 0.444. The van der Waals surface area contributed by atoms with Gasteiger partial charge in [-0.3, -0.25) is 4.99 Å². The van der Waals surface area contributed by atoms with E-state index in [0.717, 1.165) is 31.7 Å². The van der Waals surface area contributed by atoms with Gasteiger partial charge in [-0.1, -0.05) is 12.1 Å². The summed E-state index contributed by atoms with van der Waals surface area (Å²) in [6, 6.07) is 9.61. The minimum absolute atomic E-state index is 0.